The van der Waals surface area contributed by atoms with Crippen LogP contribution in [0.3, 0.4) is 0 Å². The zero-order valence-corrected chi connectivity index (χ0v) is 16.3. The van der Waals surface area contributed by atoms with Crippen LogP contribution in [0.15, 0.2) is 22.5 Å². The molecule has 1 aromatic heterocycles. The van der Waals surface area contributed by atoms with Crippen molar-refractivity contribution < 1.29 is 14.3 Å². The Hall–Kier alpha value is -1.64. The highest BCUT2D eigenvalue weighted by Gasteiger charge is 2.14. The standard InChI is InChI=1S/C18H30N4O3S/c1-19-18(22-10-5-11-24-14-15-6-2-12-25-15)21-9-4-8-20-17(23)16-7-3-13-26-16/h3,7,13,15H,2,4-6,8-12,14H2,1H3,(H,20,23)(H2,19,21,22). The number of carbonyl (C=O) groups is 1. The van der Waals surface area contributed by atoms with E-state index in [1.165, 1.54) is 11.3 Å². The van der Waals surface area contributed by atoms with Gasteiger partial charge in [-0.1, -0.05) is 6.07 Å². The molecule has 7 nitrogen and oxygen atoms in total. The summed E-state index contributed by atoms with van der Waals surface area (Å²) in [7, 11) is 1.75. The normalized spacial score (nSPS) is 17.3. The van der Waals surface area contributed by atoms with Gasteiger partial charge in [0, 0.05) is 39.9 Å². The zero-order valence-electron chi connectivity index (χ0n) is 15.5. The molecular weight excluding hydrogens is 352 g/mol. The number of carbonyl (C=O) groups excluding carboxylic acids is 1. The number of amides is 1. The Morgan fingerprint density at radius 1 is 1.31 bits per heavy atom. The molecule has 0 aromatic carbocycles. The highest BCUT2D eigenvalue weighted by Crippen LogP contribution is 2.11. The van der Waals surface area contributed by atoms with Gasteiger partial charge in [-0.2, -0.15) is 0 Å². The van der Waals surface area contributed by atoms with Gasteiger partial charge in [0.1, 0.15) is 0 Å². The first-order valence-corrected chi connectivity index (χ1v) is 10.1. The highest BCUT2D eigenvalue weighted by atomic mass is 32.1. The molecule has 0 spiro atoms. The molecule has 26 heavy (non-hydrogen) atoms. The van der Waals surface area contributed by atoms with E-state index >= 15 is 0 Å². The van der Waals surface area contributed by atoms with Crippen molar-refractivity contribution in [2.45, 2.75) is 31.8 Å². The minimum absolute atomic E-state index is 0.00879. The van der Waals surface area contributed by atoms with Crippen LogP contribution < -0.4 is 16.0 Å². The number of thiophene rings is 1. The summed E-state index contributed by atoms with van der Waals surface area (Å²) in [5.41, 5.74) is 0. The van der Waals surface area contributed by atoms with Gasteiger partial charge in [-0.25, -0.2) is 0 Å². The molecule has 1 aliphatic rings. The first-order chi connectivity index (χ1) is 12.8. The maximum absolute atomic E-state index is 11.8. The third-order valence-electron chi connectivity index (χ3n) is 3.99. The van der Waals surface area contributed by atoms with Crippen molar-refractivity contribution in [3.63, 3.8) is 0 Å². The fourth-order valence-corrected chi connectivity index (χ4v) is 3.22. The van der Waals surface area contributed by atoms with Crippen molar-refractivity contribution in [2.75, 3.05) is 46.5 Å². The molecule has 0 bridgehead atoms. The fourth-order valence-electron chi connectivity index (χ4n) is 2.58. The third-order valence-corrected chi connectivity index (χ3v) is 4.85. The van der Waals surface area contributed by atoms with Crippen LogP contribution in [0.1, 0.15) is 35.4 Å². The van der Waals surface area contributed by atoms with Crippen molar-refractivity contribution in [2.24, 2.45) is 4.99 Å². The molecule has 0 saturated carbocycles. The maximum atomic E-state index is 11.8. The van der Waals surface area contributed by atoms with Crippen molar-refractivity contribution in [1.82, 2.24) is 16.0 Å². The molecule has 0 radical (unpaired) electrons. The summed E-state index contributed by atoms with van der Waals surface area (Å²) in [5.74, 6) is 0.763. The van der Waals surface area contributed by atoms with Gasteiger partial charge in [-0.05, 0) is 37.1 Å². The van der Waals surface area contributed by atoms with Gasteiger partial charge < -0.3 is 25.4 Å². The van der Waals surface area contributed by atoms with E-state index in [0.717, 1.165) is 62.8 Å². The predicted octanol–water partition coefficient (Wildman–Crippen LogP) is 1.62. The Morgan fingerprint density at radius 3 is 2.81 bits per heavy atom. The minimum Gasteiger partial charge on any atom is -0.379 e. The van der Waals surface area contributed by atoms with Crippen LogP contribution in [0.25, 0.3) is 0 Å². The van der Waals surface area contributed by atoms with Gasteiger partial charge in [-0.15, -0.1) is 11.3 Å². The molecule has 2 rings (SSSR count). The highest BCUT2D eigenvalue weighted by molar-refractivity contribution is 7.12. The van der Waals surface area contributed by atoms with Gasteiger partial charge >= 0.3 is 0 Å². The van der Waals surface area contributed by atoms with E-state index in [1.807, 2.05) is 17.5 Å². The molecule has 1 aromatic rings. The van der Waals surface area contributed by atoms with Crippen LogP contribution in [0.5, 0.6) is 0 Å². The van der Waals surface area contributed by atoms with E-state index in [4.69, 9.17) is 9.47 Å². The van der Waals surface area contributed by atoms with E-state index in [0.29, 0.717) is 13.2 Å². The van der Waals surface area contributed by atoms with Gasteiger partial charge in [0.05, 0.1) is 17.6 Å². The Morgan fingerprint density at radius 2 is 2.12 bits per heavy atom. The third kappa shape index (κ3) is 8.16. The Labute approximate surface area is 159 Å². The average molecular weight is 383 g/mol. The average Bonchev–Trinajstić information content (AvgIpc) is 3.36. The molecule has 8 heteroatoms. The molecule has 146 valence electrons. The predicted molar refractivity (Wildman–Crippen MR) is 105 cm³/mol. The molecule has 2 heterocycles. The first kappa shape index (κ1) is 20.7. The smallest absolute Gasteiger partial charge is 0.261 e. The number of guanidine groups is 1. The molecule has 1 atom stereocenters. The van der Waals surface area contributed by atoms with E-state index in [-0.39, 0.29) is 12.0 Å². The van der Waals surface area contributed by atoms with Crippen molar-refractivity contribution in [3.05, 3.63) is 22.4 Å². The lowest BCUT2D eigenvalue weighted by molar-refractivity contribution is 0.0168. The van der Waals surface area contributed by atoms with Crippen LogP contribution in [-0.4, -0.2) is 64.5 Å². The molecule has 1 fully saturated rings. The number of nitrogens with zero attached hydrogens (tertiary/aromatic N) is 1. The van der Waals surface area contributed by atoms with Crippen LogP contribution in [0.4, 0.5) is 0 Å². The van der Waals surface area contributed by atoms with E-state index in [9.17, 15) is 4.79 Å². The van der Waals surface area contributed by atoms with Gasteiger partial charge in [0.2, 0.25) is 0 Å². The van der Waals surface area contributed by atoms with Gasteiger partial charge in [0.25, 0.3) is 5.91 Å². The minimum atomic E-state index is -0.00879. The molecular formula is C18H30N4O3S. The van der Waals surface area contributed by atoms with E-state index in [2.05, 4.69) is 20.9 Å². The summed E-state index contributed by atoms with van der Waals surface area (Å²) in [4.78, 5) is 16.7. The second-order valence-corrected chi connectivity index (χ2v) is 7.02. The van der Waals surface area contributed by atoms with Crippen molar-refractivity contribution in [1.29, 1.82) is 0 Å². The Balaban J connectivity index is 1.43. The number of ether oxygens (including phenoxy) is 2. The lowest BCUT2D eigenvalue weighted by atomic mass is 10.2. The van der Waals surface area contributed by atoms with Gasteiger partial charge in [0.15, 0.2) is 5.96 Å². The molecule has 1 saturated heterocycles. The number of rotatable bonds is 11. The lowest BCUT2D eigenvalue weighted by Crippen LogP contribution is -2.39. The van der Waals surface area contributed by atoms with Crippen LogP contribution in [0, 0.1) is 0 Å². The molecule has 0 aliphatic carbocycles. The number of hydrogen-bond donors (Lipinski definition) is 3. The fraction of sp³-hybridized carbons (Fsp3) is 0.667. The van der Waals surface area contributed by atoms with E-state index in [1.54, 1.807) is 7.05 Å². The molecule has 3 N–H and O–H groups in total. The van der Waals surface area contributed by atoms with Gasteiger partial charge in [-0.3, -0.25) is 9.79 Å². The summed E-state index contributed by atoms with van der Waals surface area (Å²) >= 11 is 1.45. The largest absolute Gasteiger partial charge is 0.379 e. The zero-order chi connectivity index (χ0) is 18.5. The molecule has 1 unspecified atom stereocenters. The van der Waals surface area contributed by atoms with Crippen molar-refractivity contribution >= 4 is 23.2 Å². The second-order valence-electron chi connectivity index (χ2n) is 6.08. The van der Waals surface area contributed by atoms with E-state index < -0.39 is 0 Å². The van der Waals surface area contributed by atoms with Crippen LogP contribution in [-0.2, 0) is 9.47 Å². The summed E-state index contributed by atoms with van der Waals surface area (Å²) in [5, 5.41) is 11.3. The summed E-state index contributed by atoms with van der Waals surface area (Å²) in [6, 6.07) is 3.71. The lowest BCUT2D eigenvalue weighted by Gasteiger charge is -2.13. The van der Waals surface area contributed by atoms with Crippen molar-refractivity contribution in [3.8, 4) is 0 Å². The summed E-state index contributed by atoms with van der Waals surface area (Å²) in [6.07, 6.45) is 4.31. The quantitative estimate of drug-likeness (QED) is 0.308. The number of hydrogen-bond acceptors (Lipinski definition) is 5. The maximum Gasteiger partial charge on any atom is 0.261 e. The number of aliphatic imine (C=N–C) groups is 1. The Bertz CT molecular complexity index is 531. The topological polar surface area (TPSA) is 84.0 Å². The molecule has 1 amide bonds. The second kappa shape index (κ2) is 12.7. The first-order valence-electron chi connectivity index (χ1n) is 9.25. The molecule has 1 aliphatic heterocycles. The van der Waals surface area contributed by atoms with Crippen LogP contribution in [0.2, 0.25) is 0 Å². The monoisotopic (exact) mass is 382 g/mol. The summed E-state index contributed by atoms with van der Waals surface area (Å²) < 4.78 is 11.2. The van der Waals surface area contributed by atoms with Crippen LogP contribution >= 0.6 is 11.3 Å². The summed E-state index contributed by atoms with van der Waals surface area (Å²) in [6.45, 7) is 4.48. The SMILES string of the molecule is CN=C(NCCCNC(=O)c1cccs1)NCCCOCC1CCCO1. The number of nitrogens with one attached hydrogen (secondary N) is 3. The Kier molecular flexibility index (Phi) is 10.1.